The highest BCUT2D eigenvalue weighted by atomic mass is 16.5. The van der Waals surface area contributed by atoms with Crippen LogP contribution in [0.3, 0.4) is 0 Å². The van der Waals surface area contributed by atoms with E-state index in [2.05, 4.69) is 44.3 Å². The molecule has 26 heavy (non-hydrogen) atoms. The van der Waals surface area contributed by atoms with Crippen molar-refractivity contribution in [1.82, 2.24) is 19.7 Å². The number of nitrogens with zero attached hydrogens (tertiary/aromatic N) is 5. The van der Waals surface area contributed by atoms with Gasteiger partial charge in [-0.1, -0.05) is 18.2 Å². The maximum absolute atomic E-state index is 6.44. The summed E-state index contributed by atoms with van der Waals surface area (Å²) in [5.74, 6) is 2.78. The number of ether oxygens (including phenoxy) is 1. The third kappa shape index (κ3) is 2.71. The highest BCUT2D eigenvalue weighted by Crippen LogP contribution is 2.39. The zero-order valence-corrected chi connectivity index (χ0v) is 14.6. The Bertz CT molecular complexity index is 883. The van der Waals surface area contributed by atoms with Gasteiger partial charge in [0.05, 0.1) is 0 Å². The van der Waals surface area contributed by atoms with Gasteiger partial charge in [-0.3, -0.25) is 4.57 Å². The molecule has 0 saturated carbocycles. The Morgan fingerprint density at radius 3 is 2.50 bits per heavy atom. The van der Waals surface area contributed by atoms with Gasteiger partial charge in [0.25, 0.3) is 0 Å². The number of rotatable bonds is 2. The minimum Gasteiger partial charge on any atom is -0.487 e. The Labute approximate surface area is 152 Å². The quantitative estimate of drug-likeness (QED) is 0.713. The van der Waals surface area contributed by atoms with Crippen LogP contribution in [0.2, 0.25) is 0 Å². The molecule has 1 aromatic carbocycles. The van der Waals surface area contributed by atoms with E-state index >= 15 is 0 Å². The normalized spacial score (nSPS) is 18.4. The van der Waals surface area contributed by atoms with Gasteiger partial charge in [-0.15, -0.1) is 10.2 Å². The first kappa shape index (κ1) is 15.4. The van der Waals surface area contributed by atoms with Crippen molar-refractivity contribution in [2.24, 2.45) is 0 Å². The SMILES string of the molecule is c1ccc2c(c1)CCC1(CCN(c3ccc(-n4ccnc4)nn3)CC1)O2. The molecule has 2 aliphatic heterocycles. The fourth-order valence-electron chi connectivity index (χ4n) is 3.97. The number of imidazole rings is 1. The van der Waals surface area contributed by atoms with Gasteiger partial charge >= 0.3 is 0 Å². The molecule has 3 aromatic rings. The molecule has 0 amide bonds. The Morgan fingerprint density at radius 2 is 1.73 bits per heavy atom. The number of piperidine rings is 1. The number of hydrogen-bond donors (Lipinski definition) is 0. The lowest BCUT2D eigenvalue weighted by Gasteiger charge is -2.44. The first-order valence-corrected chi connectivity index (χ1v) is 9.15. The van der Waals surface area contributed by atoms with Crippen molar-refractivity contribution in [1.29, 1.82) is 0 Å². The first-order chi connectivity index (χ1) is 12.8. The molecule has 0 N–H and O–H groups in total. The highest BCUT2D eigenvalue weighted by molar-refractivity contribution is 5.41. The highest BCUT2D eigenvalue weighted by Gasteiger charge is 2.39. The summed E-state index contributed by atoms with van der Waals surface area (Å²) in [5.41, 5.74) is 1.32. The van der Waals surface area contributed by atoms with Crippen molar-refractivity contribution in [3.63, 3.8) is 0 Å². The van der Waals surface area contributed by atoms with Gasteiger partial charge in [-0.2, -0.15) is 0 Å². The lowest BCUT2D eigenvalue weighted by atomic mass is 9.83. The molecule has 0 radical (unpaired) electrons. The van der Waals surface area contributed by atoms with Gasteiger partial charge < -0.3 is 9.64 Å². The van der Waals surface area contributed by atoms with E-state index in [0.717, 1.165) is 56.2 Å². The number of para-hydroxylation sites is 1. The van der Waals surface area contributed by atoms with Crippen LogP contribution in [0.1, 0.15) is 24.8 Å². The summed E-state index contributed by atoms with van der Waals surface area (Å²) < 4.78 is 8.30. The van der Waals surface area contributed by atoms with Crippen molar-refractivity contribution >= 4 is 5.82 Å². The average molecular weight is 347 g/mol. The van der Waals surface area contributed by atoms with Crippen molar-refractivity contribution in [3.8, 4) is 11.6 Å². The third-order valence-electron chi connectivity index (χ3n) is 5.55. The molecule has 132 valence electrons. The largest absolute Gasteiger partial charge is 0.487 e. The zero-order chi connectivity index (χ0) is 17.4. The Kier molecular flexibility index (Phi) is 3.62. The van der Waals surface area contributed by atoms with Crippen molar-refractivity contribution in [2.45, 2.75) is 31.3 Å². The summed E-state index contributed by atoms with van der Waals surface area (Å²) in [5, 5.41) is 8.74. The number of hydrogen-bond acceptors (Lipinski definition) is 5. The van der Waals surface area contributed by atoms with Crippen LogP contribution in [0.15, 0.2) is 55.1 Å². The molecule has 2 aliphatic rings. The molecular formula is C20H21N5O. The molecule has 0 unspecified atom stereocenters. The fourth-order valence-corrected chi connectivity index (χ4v) is 3.97. The Balaban J connectivity index is 1.27. The number of fused-ring (bicyclic) bond motifs is 1. The van der Waals surface area contributed by atoms with Crippen molar-refractivity contribution in [2.75, 3.05) is 18.0 Å². The van der Waals surface area contributed by atoms with E-state index in [0.29, 0.717) is 0 Å². The van der Waals surface area contributed by atoms with Gasteiger partial charge in [-0.05, 0) is 36.6 Å². The second-order valence-corrected chi connectivity index (χ2v) is 7.10. The lowest BCUT2D eigenvalue weighted by Crippen LogP contribution is -2.50. The molecule has 2 aromatic heterocycles. The number of aromatic nitrogens is 4. The predicted octanol–water partition coefficient (Wildman–Crippen LogP) is 3.03. The standard InChI is InChI=1S/C20H21N5O/c1-2-4-17-16(3-1)7-8-20(26-17)9-12-24(13-10-20)18-5-6-19(23-22-18)25-14-11-21-15-25/h1-6,11,14-15H,7-10,12-13H2. The van der Waals surface area contributed by atoms with Gasteiger partial charge in [0, 0.05) is 38.3 Å². The monoisotopic (exact) mass is 347 g/mol. The van der Waals surface area contributed by atoms with E-state index in [1.54, 1.807) is 12.5 Å². The lowest BCUT2D eigenvalue weighted by molar-refractivity contribution is 0.0224. The molecule has 5 rings (SSSR count). The van der Waals surface area contributed by atoms with Gasteiger partial charge in [-0.25, -0.2) is 4.98 Å². The summed E-state index contributed by atoms with van der Waals surface area (Å²) in [6.07, 6.45) is 9.58. The summed E-state index contributed by atoms with van der Waals surface area (Å²) in [4.78, 5) is 6.35. The summed E-state index contributed by atoms with van der Waals surface area (Å²) in [7, 11) is 0. The van der Waals surface area contributed by atoms with Crippen LogP contribution in [-0.4, -0.2) is 38.4 Å². The van der Waals surface area contributed by atoms with Crippen LogP contribution in [0.4, 0.5) is 5.82 Å². The topological polar surface area (TPSA) is 56.1 Å². The maximum atomic E-state index is 6.44. The second-order valence-electron chi connectivity index (χ2n) is 7.10. The van der Waals surface area contributed by atoms with Crippen LogP contribution >= 0.6 is 0 Å². The first-order valence-electron chi connectivity index (χ1n) is 9.15. The third-order valence-corrected chi connectivity index (χ3v) is 5.55. The smallest absolute Gasteiger partial charge is 0.160 e. The molecule has 1 fully saturated rings. The Hall–Kier alpha value is -2.89. The van der Waals surface area contributed by atoms with Crippen LogP contribution in [0, 0.1) is 0 Å². The number of aryl methyl sites for hydroxylation is 1. The minimum absolute atomic E-state index is 0.0188. The van der Waals surface area contributed by atoms with E-state index < -0.39 is 0 Å². The zero-order valence-electron chi connectivity index (χ0n) is 14.6. The molecule has 4 heterocycles. The van der Waals surface area contributed by atoms with Crippen LogP contribution in [0.25, 0.3) is 5.82 Å². The molecule has 6 heteroatoms. The molecule has 0 aliphatic carbocycles. The van der Waals surface area contributed by atoms with E-state index in [-0.39, 0.29) is 5.60 Å². The van der Waals surface area contributed by atoms with E-state index in [1.807, 2.05) is 22.9 Å². The number of anilines is 1. The van der Waals surface area contributed by atoms with E-state index in [9.17, 15) is 0 Å². The van der Waals surface area contributed by atoms with Gasteiger partial charge in [0.15, 0.2) is 11.6 Å². The van der Waals surface area contributed by atoms with Crippen LogP contribution in [-0.2, 0) is 6.42 Å². The maximum Gasteiger partial charge on any atom is 0.160 e. The molecule has 6 nitrogen and oxygen atoms in total. The summed E-state index contributed by atoms with van der Waals surface area (Å²) >= 11 is 0. The van der Waals surface area contributed by atoms with Crippen LogP contribution < -0.4 is 9.64 Å². The van der Waals surface area contributed by atoms with Gasteiger partial charge in [0.1, 0.15) is 17.7 Å². The predicted molar refractivity (Wildman–Crippen MR) is 98.7 cm³/mol. The van der Waals surface area contributed by atoms with Crippen molar-refractivity contribution < 1.29 is 4.74 Å². The van der Waals surface area contributed by atoms with E-state index in [4.69, 9.17) is 4.74 Å². The average Bonchev–Trinajstić information content (AvgIpc) is 3.24. The molecular weight excluding hydrogens is 326 g/mol. The summed E-state index contributed by atoms with van der Waals surface area (Å²) in [6.45, 7) is 1.89. The van der Waals surface area contributed by atoms with Crippen molar-refractivity contribution in [3.05, 3.63) is 60.7 Å². The Morgan fingerprint density at radius 1 is 0.923 bits per heavy atom. The molecule has 1 spiro atoms. The van der Waals surface area contributed by atoms with Crippen LogP contribution in [0.5, 0.6) is 5.75 Å². The second kappa shape index (κ2) is 6.12. The molecule has 1 saturated heterocycles. The minimum atomic E-state index is -0.0188. The fraction of sp³-hybridized carbons (Fsp3) is 0.350. The van der Waals surface area contributed by atoms with E-state index in [1.165, 1.54) is 5.56 Å². The molecule has 0 bridgehead atoms. The number of benzene rings is 1. The van der Waals surface area contributed by atoms with Gasteiger partial charge in [0.2, 0.25) is 0 Å². The molecule has 0 atom stereocenters. The summed E-state index contributed by atoms with van der Waals surface area (Å²) in [6, 6.07) is 12.5.